The van der Waals surface area contributed by atoms with Crippen LogP contribution < -0.4 is 5.32 Å². The van der Waals surface area contributed by atoms with E-state index in [2.05, 4.69) is 26.6 Å². The first-order valence-corrected chi connectivity index (χ1v) is 8.59. The fourth-order valence-corrected chi connectivity index (χ4v) is 3.40. The molecule has 0 aliphatic heterocycles. The van der Waals surface area contributed by atoms with Crippen LogP contribution in [0.2, 0.25) is 0 Å². The van der Waals surface area contributed by atoms with Gasteiger partial charge in [0.2, 0.25) is 0 Å². The standard InChI is InChI=1S/C21H16N4O2/c1-12-7-14(11-27-12)21(26)24-19-8-13(9-20-17(19)10-23-25-20)15-3-2-4-18-16(15)5-6-22-18/h2-11,22H,1H3,(H,23,25)(H,24,26). The molecular weight excluding hydrogens is 340 g/mol. The van der Waals surface area contributed by atoms with Crippen LogP contribution in [0.1, 0.15) is 16.1 Å². The number of carbonyl (C=O) groups excluding carboxylic acids is 1. The SMILES string of the molecule is Cc1cc(C(=O)Nc2cc(-c3cccc4[nH]ccc34)cc3[nH]ncc23)co1. The minimum atomic E-state index is -0.216. The van der Waals surface area contributed by atoms with Crippen molar-refractivity contribution in [2.75, 3.05) is 5.32 Å². The number of aromatic amines is 2. The van der Waals surface area contributed by atoms with Crippen LogP contribution in [0.5, 0.6) is 0 Å². The maximum Gasteiger partial charge on any atom is 0.258 e. The molecule has 0 bridgehead atoms. The van der Waals surface area contributed by atoms with E-state index in [0.717, 1.165) is 32.9 Å². The van der Waals surface area contributed by atoms with Crippen LogP contribution >= 0.6 is 0 Å². The fourth-order valence-electron chi connectivity index (χ4n) is 3.40. The van der Waals surface area contributed by atoms with Crippen LogP contribution in [0.3, 0.4) is 0 Å². The highest BCUT2D eigenvalue weighted by molar-refractivity contribution is 6.10. The molecular formula is C21H16N4O2. The van der Waals surface area contributed by atoms with Gasteiger partial charge < -0.3 is 14.7 Å². The van der Waals surface area contributed by atoms with Crippen LogP contribution in [0, 0.1) is 6.92 Å². The van der Waals surface area contributed by atoms with Crippen molar-refractivity contribution in [3.05, 3.63) is 72.4 Å². The molecule has 6 nitrogen and oxygen atoms in total. The highest BCUT2D eigenvalue weighted by Crippen LogP contribution is 2.34. The van der Waals surface area contributed by atoms with Gasteiger partial charge in [-0.3, -0.25) is 9.89 Å². The summed E-state index contributed by atoms with van der Waals surface area (Å²) < 4.78 is 5.25. The van der Waals surface area contributed by atoms with Gasteiger partial charge in [0.1, 0.15) is 12.0 Å². The van der Waals surface area contributed by atoms with Crippen LogP contribution in [0.4, 0.5) is 5.69 Å². The van der Waals surface area contributed by atoms with E-state index in [-0.39, 0.29) is 5.91 Å². The minimum Gasteiger partial charge on any atom is -0.469 e. The van der Waals surface area contributed by atoms with Gasteiger partial charge in [-0.2, -0.15) is 5.10 Å². The summed E-state index contributed by atoms with van der Waals surface area (Å²) >= 11 is 0. The summed E-state index contributed by atoms with van der Waals surface area (Å²) in [6.45, 7) is 1.81. The van der Waals surface area contributed by atoms with Crippen molar-refractivity contribution in [3.8, 4) is 11.1 Å². The van der Waals surface area contributed by atoms with E-state index < -0.39 is 0 Å². The highest BCUT2D eigenvalue weighted by atomic mass is 16.3. The molecule has 3 aromatic heterocycles. The van der Waals surface area contributed by atoms with E-state index in [1.54, 1.807) is 12.3 Å². The Hall–Kier alpha value is -3.80. The summed E-state index contributed by atoms with van der Waals surface area (Å²) in [7, 11) is 0. The molecule has 0 aliphatic rings. The molecule has 6 heteroatoms. The molecule has 0 saturated carbocycles. The second-order valence-electron chi connectivity index (χ2n) is 6.50. The average molecular weight is 356 g/mol. The van der Waals surface area contributed by atoms with Crippen molar-refractivity contribution >= 4 is 33.4 Å². The Morgan fingerprint density at radius 3 is 2.89 bits per heavy atom. The Labute approximate surface area is 154 Å². The predicted molar refractivity (Wildman–Crippen MR) is 105 cm³/mol. The van der Waals surface area contributed by atoms with Gasteiger partial charge in [0.25, 0.3) is 5.91 Å². The largest absolute Gasteiger partial charge is 0.469 e. The number of fused-ring (bicyclic) bond motifs is 2. The van der Waals surface area contributed by atoms with E-state index in [9.17, 15) is 4.79 Å². The molecule has 1 amide bonds. The Morgan fingerprint density at radius 1 is 1.11 bits per heavy atom. The molecule has 132 valence electrons. The lowest BCUT2D eigenvalue weighted by atomic mass is 9.99. The zero-order chi connectivity index (χ0) is 18.4. The van der Waals surface area contributed by atoms with Gasteiger partial charge in [-0.15, -0.1) is 0 Å². The second-order valence-corrected chi connectivity index (χ2v) is 6.50. The molecule has 0 radical (unpaired) electrons. The quantitative estimate of drug-likeness (QED) is 0.431. The minimum absolute atomic E-state index is 0.216. The summed E-state index contributed by atoms with van der Waals surface area (Å²) in [5, 5.41) is 12.1. The zero-order valence-corrected chi connectivity index (χ0v) is 14.5. The molecule has 5 rings (SSSR count). The van der Waals surface area contributed by atoms with E-state index in [1.165, 1.54) is 6.26 Å². The van der Waals surface area contributed by atoms with Crippen molar-refractivity contribution in [3.63, 3.8) is 0 Å². The Bertz CT molecular complexity index is 1290. The van der Waals surface area contributed by atoms with E-state index in [0.29, 0.717) is 17.0 Å². The van der Waals surface area contributed by atoms with Crippen molar-refractivity contribution in [1.82, 2.24) is 15.2 Å². The number of aryl methyl sites for hydroxylation is 1. The van der Waals surface area contributed by atoms with Gasteiger partial charge in [-0.1, -0.05) is 12.1 Å². The molecule has 2 aromatic carbocycles. The Morgan fingerprint density at radius 2 is 2.04 bits per heavy atom. The maximum absolute atomic E-state index is 12.6. The summed E-state index contributed by atoms with van der Waals surface area (Å²) in [6.07, 6.45) is 5.10. The molecule has 0 atom stereocenters. The summed E-state index contributed by atoms with van der Waals surface area (Å²) in [6, 6.07) is 13.9. The first kappa shape index (κ1) is 15.5. The first-order valence-electron chi connectivity index (χ1n) is 8.59. The third-order valence-corrected chi connectivity index (χ3v) is 4.71. The number of H-pyrrole nitrogens is 2. The van der Waals surface area contributed by atoms with Crippen molar-refractivity contribution < 1.29 is 9.21 Å². The molecule has 0 spiro atoms. The smallest absolute Gasteiger partial charge is 0.258 e. The molecule has 0 aliphatic carbocycles. The fraction of sp³-hybridized carbons (Fsp3) is 0.0476. The summed E-state index contributed by atoms with van der Waals surface area (Å²) in [5.74, 6) is 0.479. The Balaban J connectivity index is 1.63. The number of aromatic nitrogens is 3. The summed E-state index contributed by atoms with van der Waals surface area (Å²) in [4.78, 5) is 15.8. The lowest BCUT2D eigenvalue weighted by Gasteiger charge is -2.10. The number of nitrogens with one attached hydrogen (secondary N) is 3. The number of amides is 1. The maximum atomic E-state index is 12.6. The van der Waals surface area contributed by atoms with E-state index in [1.807, 2.05) is 43.5 Å². The van der Waals surface area contributed by atoms with E-state index in [4.69, 9.17) is 4.42 Å². The van der Waals surface area contributed by atoms with Gasteiger partial charge in [0.15, 0.2) is 0 Å². The normalized spacial score (nSPS) is 11.3. The molecule has 0 unspecified atom stereocenters. The zero-order valence-electron chi connectivity index (χ0n) is 14.5. The number of furan rings is 1. The van der Waals surface area contributed by atoms with E-state index >= 15 is 0 Å². The number of benzene rings is 2. The molecule has 0 saturated heterocycles. The third-order valence-electron chi connectivity index (χ3n) is 4.71. The number of carbonyl (C=O) groups is 1. The first-order chi connectivity index (χ1) is 13.2. The molecule has 3 heterocycles. The number of hydrogen-bond acceptors (Lipinski definition) is 3. The molecule has 27 heavy (non-hydrogen) atoms. The van der Waals surface area contributed by atoms with Crippen molar-refractivity contribution in [1.29, 1.82) is 0 Å². The van der Waals surface area contributed by atoms with Gasteiger partial charge in [0.05, 0.1) is 23.0 Å². The number of anilines is 1. The van der Waals surface area contributed by atoms with Gasteiger partial charge >= 0.3 is 0 Å². The third kappa shape index (κ3) is 2.58. The van der Waals surface area contributed by atoms with Crippen LogP contribution in [-0.2, 0) is 0 Å². The molecule has 5 aromatic rings. The second kappa shape index (κ2) is 5.88. The van der Waals surface area contributed by atoms with Gasteiger partial charge in [-0.25, -0.2) is 0 Å². The lowest BCUT2D eigenvalue weighted by Crippen LogP contribution is -2.11. The van der Waals surface area contributed by atoms with Gasteiger partial charge in [-0.05, 0) is 48.4 Å². The average Bonchev–Trinajstić information content (AvgIpc) is 3.41. The van der Waals surface area contributed by atoms with Gasteiger partial charge in [0, 0.05) is 22.5 Å². The number of rotatable bonds is 3. The van der Waals surface area contributed by atoms with Crippen LogP contribution in [0.15, 0.2) is 65.5 Å². The molecule has 0 fully saturated rings. The topological polar surface area (TPSA) is 86.7 Å². The Kier molecular flexibility index (Phi) is 3.36. The number of nitrogens with zero attached hydrogens (tertiary/aromatic N) is 1. The van der Waals surface area contributed by atoms with Crippen molar-refractivity contribution in [2.45, 2.75) is 6.92 Å². The molecule has 3 N–H and O–H groups in total. The highest BCUT2D eigenvalue weighted by Gasteiger charge is 2.14. The van der Waals surface area contributed by atoms with Crippen LogP contribution in [-0.4, -0.2) is 21.1 Å². The lowest BCUT2D eigenvalue weighted by molar-refractivity contribution is 0.102. The summed E-state index contributed by atoms with van der Waals surface area (Å²) in [5.41, 5.74) is 5.20. The van der Waals surface area contributed by atoms with Crippen molar-refractivity contribution in [2.24, 2.45) is 0 Å². The number of hydrogen-bond donors (Lipinski definition) is 3. The van der Waals surface area contributed by atoms with Crippen LogP contribution in [0.25, 0.3) is 32.9 Å². The predicted octanol–water partition coefficient (Wildman–Crippen LogP) is 4.86. The monoisotopic (exact) mass is 356 g/mol.